The van der Waals surface area contributed by atoms with E-state index in [4.69, 9.17) is 10.00 Å². The predicted molar refractivity (Wildman–Crippen MR) is 85.5 cm³/mol. The lowest BCUT2D eigenvalue weighted by Crippen LogP contribution is -2.02. The molecule has 0 spiro atoms. The number of nitriles is 1. The number of rotatable bonds is 5. The van der Waals surface area contributed by atoms with E-state index in [2.05, 4.69) is 27.3 Å². The van der Waals surface area contributed by atoms with E-state index in [0.29, 0.717) is 24.5 Å². The number of benzene rings is 2. The van der Waals surface area contributed by atoms with Gasteiger partial charge in [-0.25, -0.2) is 0 Å². The van der Waals surface area contributed by atoms with Gasteiger partial charge in [0.25, 0.3) is 0 Å². The number of aromatic hydroxyl groups is 1. The molecule has 5 heteroatoms. The van der Waals surface area contributed by atoms with Crippen LogP contribution in [0, 0.1) is 11.3 Å². The minimum absolute atomic E-state index is 0.150. The van der Waals surface area contributed by atoms with Crippen molar-refractivity contribution in [2.24, 2.45) is 0 Å². The van der Waals surface area contributed by atoms with Crippen LogP contribution in [0.5, 0.6) is 11.5 Å². The minimum atomic E-state index is 0.150. The van der Waals surface area contributed by atoms with Crippen molar-refractivity contribution >= 4 is 21.6 Å². The molecule has 0 unspecified atom stereocenters. The minimum Gasteiger partial charge on any atom is -0.504 e. The highest BCUT2D eigenvalue weighted by Gasteiger charge is 2.08. The molecule has 21 heavy (non-hydrogen) atoms. The van der Waals surface area contributed by atoms with Crippen LogP contribution in [0.4, 0.5) is 5.69 Å². The van der Waals surface area contributed by atoms with E-state index < -0.39 is 0 Å². The highest BCUT2D eigenvalue weighted by atomic mass is 79.9. The molecule has 2 N–H and O–H groups in total. The zero-order valence-corrected chi connectivity index (χ0v) is 13.1. The van der Waals surface area contributed by atoms with Crippen LogP contribution in [-0.2, 0) is 6.54 Å². The van der Waals surface area contributed by atoms with Crippen LogP contribution in [-0.4, -0.2) is 11.7 Å². The van der Waals surface area contributed by atoms with Gasteiger partial charge in [-0.15, -0.1) is 0 Å². The van der Waals surface area contributed by atoms with E-state index >= 15 is 0 Å². The van der Waals surface area contributed by atoms with Gasteiger partial charge in [-0.05, 0) is 47.1 Å². The molecular formula is C16H15BrN2O2. The Bertz CT molecular complexity index is 680. The summed E-state index contributed by atoms with van der Waals surface area (Å²) in [4.78, 5) is 0. The molecule has 0 aliphatic rings. The number of phenolic OH excluding ortho intramolecular Hbond substituents is 1. The molecule has 0 fully saturated rings. The molecular weight excluding hydrogens is 332 g/mol. The van der Waals surface area contributed by atoms with Gasteiger partial charge in [0.05, 0.1) is 18.2 Å². The Morgan fingerprint density at radius 1 is 1.33 bits per heavy atom. The number of ether oxygens (including phenoxy) is 1. The SMILES string of the molecule is CCOc1cccc(CNc2ccc(C#N)cc2Br)c1O. The zero-order valence-electron chi connectivity index (χ0n) is 11.6. The van der Waals surface area contributed by atoms with Crippen molar-refractivity contribution in [3.05, 3.63) is 52.0 Å². The summed E-state index contributed by atoms with van der Waals surface area (Å²) in [5.74, 6) is 0.632. The van der Waals surface area contributed by atoms with Gasteiger partial charge in [-0.2, -0.15) is 5.26 Å². The van der Waals surface area contributed by atoms with E-state index in [1.807, 2.05) is 25.1 Å². The second-order valence-corrected chi connectivity index (χ2v) is 5.21. The third-order valence-electron chi connectivity index (χ3n) is 2.95. The number of phenols is 1. The summed E-state index contributed by atoms with van der Waals surface area (Å²) >= 11 is 3.42. The molecule has 0 radical (unpaired) electrons. The van der Waals surface area contributed by atoms with Crippen molar-refractivity contribution in [2.75, 3.05) is 11.9 Å². The predicted octanol–water partition coefficient (Wildman–Crippen LogP) is 4.04. The van der Waals surface area contributed by atoms with Crippen LogP contribution in [0.15, 0.2) is 40.9 Å². The summed E-state index contributed by atoms with van der Waals surface area (Å²) in [6.45, 7) is 2.83. The molecule has 2 aromatic carbocycles. The van der Waals surface area contributed by atoms with E-state index in [9.17, 15) is 5.11 Å². The van der Waals surface area contributed by atoms with Crippen molar-refractivity contribution in [1.29, 1.82) is 5.26 Å². The van der Waals surface area contributed by atoms with Crippen molar-refractivity contribution in [1.82, 2.24) is 0 Å². The normalized spacial score (nSPS) is 9.95. The smallest absolute Gasteiger partial charge is 0.162 e. The van der Waals surface area contributed by atoms with Crippen molar-refractivity contribution in [3.63, 3.8) is 0 Å². The van der Waals surface area contributed by atoms with E-state index in [1.54, 1.807) is 18.2 Å². The number of nitrogens with one attached hydrogen (secondary N) is 1. The van der Waals surface area contributed by atoms with E-state index in [0.717, 1.165) is 15.7 Å². The largest absolute Gasteiger partial charge is 0.504 e. The Morgan fingerprint density at radius 3 is 2.81 bits per heavy atom. The van der Waals surface area contributed by atoms with Crippen LogP contribution < -0.4 is 10.1 Å². The molecule has 0 aliphatic heterocycles. The van der Waals surface area contributed by atoms with Gasteiger partial charge in [0.15, 0.2) is 11.5 Å². The van der Waals surface area contributed by atoms with Gasteiger partial charge in [0.1, 0.15) is 0 Å². The summed E-state index contributed by atoms with van der Waals surface area (Å²) < 4.78 is 6.17. The highest BCUT2D eigenvalue weighted by Crippen LogP contribution is 2.31. The lowest BCUT2D eigenvalue weighted by molar-refractivity contribution is 0.317. The number of anilines is 1. The Balaban J connectivity index is 2.13. The molecule has 108 valence electrons. The fourth-order valence-corrected chi connectivity index (χ4v) is 2.42. The molecule has 2 aromatic rings. The van der Waals surface area contributed by atoms with Gasteiger partial charge in [-0.3, -0.25) is 0 Å². The quantitative estimate of drug-likeness (QED) is 0.857. The molecule has 0 heterocycles. The third-order valence-corrected chi connectivity index (χ3v) is 3.61. The van der Waals surface area contributed by atoms with Crippen molar-refractivity contribution in [2.45, 2.75) is 13.5 Å². The first kappa shape index (κ1) is 15.2. The Hall–Kier alpha value is -2.19. The summed E-state index contributed by atoms with van der Waals surface area (Å²) in [5, 5.41) is 22.2. The van der Waals surface area contributed by atoms with Crippen LogP contribution in [0.3, 0.4) is 0 Å². The topological polar surface area (TPSA) is 65.3 Å². The summed E-state index contributed by atoms with van der Waals surface area (Å²) in [6, 6.07) is 12.8. The molecule has 0 saturated heterocycles. The number of halogens is 1. The van der Waals surface area contributed by atoms with E-state index in [-0.39, 0.29) is 5.75 Å². The zero-order chi connectivity index (χ0) is 15.2. The van der Waals surface area contributed by atoms with Gasteiger partial charge < -0.3 is 15.2 Å². The van der Waals surface area contributed by atoms with Gasteiger partial charge in [0, 0.05) is 22.3 Å². The number of para-hydroxylation sites is 1. The summed E-state index contributed by atoms with van der Waals surface area (Å²) in [6.07, 6.45) is 0. The second kappa shape index (κ2) is 7.00. The lowest BCUT2D eigenvalue weighted by Gasteiger charge is -2.12. The standard InChI is InChI=1S/C16H15BrN2O2/c1-2-21-15-5-3-4-12(16(15)20)10-19-14-7-6-11(9-18)8-13(14)17/h3-8,19-20H,2,10H2,1H3. The average molecular weight is 347 g/mol. The van der Waals surface area contributed by atoms with Crippen molar-refractivity contribution < 1.29 is 9.84 Å². The number of nitrogens with zero attached hydrogens (tertiary/aromatic N) is 1. The molecule has 0 atom stereocenters. The van der Waals surface area contributed by atoms with Gasteiger partial charge >= 0.3 is 0 Å². The molecule has 2 rings (SSSR count). The van der Waals surface area contributed by atoms with Crippen LogP contribution >= 0.6 is 15.9 Å². The lowest BCUT2D eigenvalue weighted by atomic mass is 10.1. The van der Waals surface area contributed by atoms with Crippen LogP contribution in [0.2, 0.25) is 0 Å². The maximum absolute atomic E-state index is 10.1. The maximum atomic E-state index is 10.1. The average Bonchev–Trinajstić information content (AvgIpc) is 2.49. The molecule has 0 saturated carbocycles. The second-order valence-electron chi connectivity index (χ2n) is 4.36. The summed E-state index contributed by atoms with van der Waals surface area (Å²) in [7, 11) is 0. The molecule has 0 amide bonds. The molecule has 0 bridgehead atoms. The first-order valence-electron chi connectivity index (χ1n) is 6.53. The highest BCUT2D eigenvalue weighted by molar-refractivity contribution is 9.10. The van der Waals surface area contributed by atoms with Crippen LogP contribution in [0.25, 0.3) is 0 Å². The molecule has 0 aromatic heterocycles. The maximum Gasteiger partial charge on any atom is 0.162 e. The monoisotopic (exact) mass is 346 g/mol. The fourth-order valence-electron chi connectivity index (χ4n) is 1.90. The Labute approximate surface area is 132 Å². The van der Waals surface area contributed by atoms with E-state index in [1.165, 1.54) is 0 Å². The van der Waals surface area contributed by atoms with Gasteiger partial charge in [0.2, 0.25) is 0 Å². The Morgan fingerprint density at radius 2 is 2.14 bits per heavy atom. The first-order chi connectivity index (χ1) is 10.2. The van der Waals surface area contributed by atoms with Gasteiger partial charge in [-0.1, -0.05) is 12.1 Å². The molecule has 4 nitrogen and oxygen atoms in total. The van der Waals surface area contributed by atoms with Crippen LogP contribution in [0.1, 0.15) is 18.1 Å². The van der Waals surface area contributed by atoms with Crippen molar-refractivity contribution in [3.8, 4) is 17.6 Å². The first-order valence-corrected chi connectivity index (χ1v) is 7.32. The molecule has 0 aliphatic carbocycles. The summed E-state index contributed by atoms with van der Waals surface area (Å²) in [5.41, 5.74) is 2.20. The number of hydrogen-bond donors (Lipinski definition) is 2. The Kier molecular flexibility index (Phi) is 5.07. The fraction of sp³-hybridized carbons (Fsp3) is 0.188. The third kappa shape index (κ3) is 3.67. The number of hydrogen-bond acceptors (Lipinski definition) is 4.